The normalized spacial score (nSPS) is 9.53. The number of hydrogen-bond donors (Lipinski definition) is 2. The Kier molecular flexibility index (Phi) is 8.40. The van der Waals surface area contributed by atoms with Gasteiger partial charge in [-0.2, -0.15) is 0 Å². The number of anilines is 1. The molecule has 0 atom stereocenters. The van der Waals surface area contributed by atoms with Gasteiger partial charge in [0.05, 0.1) is 13.2 Å². The second kappa shape index (κ2) is 8.98. The van der Waals surface area contributed by atoms with E-state index in [-0.39, 0.29) is 18.3 Å². The van der Waals surface area contributed by atoms with Crippen LogP contribution >= 0.6 is 12.4 Å². The van der Waals surface area contributed by atoms with Crippen molar-refractivity contribution in [3.8, 4) is 0 Å². The summed E-state index contributed by atoms with van der Waals surface area (Å²) in [7, 11) is 1.63. The molecule has 4 nitrogen and oxygen atoms in total. The molecule has 2 N–H and O–H groups in total. The first-order valence-corrected chi connectivity index (χ1v) is 5.29. The Hall–Kier alpha value is -1.10. The number of methoxy groups -OCH3 is 1. The van der Waals surface area contributed by atoms with Crippen LogP contribution in [0.3, 0.4) is 0 Å². The molecule has 1 aromatic rings. The minimum Gasteiger partial charge on any atom is -0.383 e. The smallest absolute Gasteiger partial charge is 0.238 e. The molecule has 0 aliphatic heterocycles. The number of carbonyl (C=O) groups excluding carboxylic acids is 1. The van der Waals surface area contributed by atoms with Crippen LogP contribution in [0.1, 0.15) is 5.56 Å². The molecule has 0 aliphatic carbocycles. The second-order valence-electron chi connectivity index (χ2n) is 3.53. The molecule has 0 radical (unpaired) electrons. The summed E-state index contributed by atoms with van der Waals surface area (Å²) < 4.78 is 4.87. The highest BCUT2D eigenvalue weighted by molar-refractivity contribution is 5.92. The van der Waals surface area contributed by atoms with Gasteiger partial charge in [0.2, 0.25) is 5.91 Å². The molecule has 0 spiro atoms. The summed E-state index contributed by atoms with van der Waals surface area (Å²) in [5.41, 5.74) is 1.92. The number of ether oxygens (including phenoxy) is 1. The van der Waals surface area contributed by atoms with E-state index < -0.39 is 0 Å². The molecule has 0 aromatic heterocycles. The molecule has 0 heterocycles. The summed E-state index contributed by atoms with van der Waals surface area (Å²) in [6.45, 7) is 3.56. The predicted octanol–water partition coefficient (Wildman–Crippen LogP) is 1.59. The van der Waals surface area contributed by atoms with Gasteiger partial charge in [-0.25, -0.2) is 0 Å². The third kappa shape index (κ3) is 6.26. The lowest BCUT2D eigenvalue weighted by molar-refractivity contribution is -0.115. The molecular formula is C12H19ClN2O2. The van der Waals surface area contributed by atoms with Crippen molar-refractivity contribution in [1.29, 1.82) is 0 Å². The zero-order valence-electron chi connectivity index (χ0n) is 10.2. The number of para-hydroxylation sites is 1. The maximum atomic E-state index is 11.5. The van der Waals surface area contributed by atoms with Crippen molar-refractivity contribution in [2.24, 2.45) is 0 Å². The Morgan fingerprint density at radius 2 is 2.06 bits per heavy atom. The number of halogens is 1. The van der Waals surface area contributed by atoms with Gasteiger partial charge in [0.1, 0.15) is 0 Å². The molecule has 0 bridgehead atoms. The number of hydrogen-bond acceptors (Lipinski definition) is 3. The van der Waals surface area contributed by atoms with Crippen LogP contribution in [-0.4, -0.2) is 32.7 Å². The number of nitrogens with one attached hydrogen (secondary N) is 2. The molecule has 0 fully saturated rings. The maximum absolute atomic E-state index is 11.5. The van der Waals surface area contributed by atoms with Crippen LogP contribution in [0.5, 0.6) is 0 Å². The van der Waals surface area contributed by atoms with Crippen molar-refractivity contribution in [3.63, 3.8) is 0 Å². The summed E-state index contributed by atoms with van der Waals surface area (Å²) in [6.07, 6.45) is 0. The van der Waals surface area contributed by atoms with Gasteiger partial charge in [0, 0.05) is 19.3 Å². The fourth-order valence-corrected chi connectivity index (χ4v) is 1.28. The SMILES string of the molecule is COCCNCC(=O)Nc1ccccc1C.Cl. The third-order valence-corrected chi connectivity index (χ3v) is 2.19. The highest BCUT2D eigenvalue weighted by Crippen LogP contribution is 2.12. The summed E-state index contributed by atoms with van der Waals surface area (Å²) in [4.78, 5) is 11.5. The van der Waals surface area contributed by atoms with Gasteiger partial charge in [0.25, 0.3) is 0 Å². The van der Waals surface area contributed by atoms with E-state index in [0.717, 1.165) is 11.3 Å². The summed E-state index contributed by atoms with van der Waals surface area (Å²) in [6, 6.07) is 7.71. The topological polar surface area (TPSA) is 50.4 Å². The van der Waals surface area contributed by atoms with E-state index in [1.165, 1.54) is 0 Å². The van der Waals surface area contributed by atoms with Gasteiger partial charge < -0.3 is 15.4 Å². The number of aryl methyl sites for hydroxylation is 1. The van der Waals surface area contributed by atoms with Gasteiger partial charge in [-0.15, -0.1) is 12.4 Å². The van der Waals surface area contributed by atoms with Crippen molar-refractivity contribution in [2.45, 2.75) is 6.92 Å². The molecule has 0 saturated heterocycles. The Bertz CT molecular complexity index is 345. The van der Waals surface area contributed by atoms with Gasteiger partial charge >= 0.3 is 0 Å². The maximum Gasteiger partial charge on any atom is 0.238 e. The highest BCUT2D eigenvalue weighted by atomic mass is 35.5. The summed E-state index contributed by atoms with van der Waals surface area (Å²) >= 11 is 0. The molecule has 96 valence electrons. The van der Waals surface area contributed by atoms with Crippen molar-refractivity contribution < 1.29 is 9.53 Å². The third-order valence-electron chi connectivity index (χ3n) is 2.19. The van der Waals surface area contributed by atoms with Crippen LogP contribution in [-0.2, 0) is 9.53 Å². The highest BCUT2D eigenvalue weighted by Gasteiger charge is 2.02. The Morgan fingerprint density at radius 3 is 2.71 bits per heavy atom. The quantitative estimate of drug-likeness (QED) is 0.762. The average Bonchev–Trinajstić information content (AvgIpc) is 2.28. The van der Waals surface area contributed by atoms with Gasteiger partial charge in [-0.3, -0.25) is 4.79 Å². The second-order valence-corrected chi connectivity index (χ2v) is 3.53. The van der Waals surface area contributed by atoms with E-state index in [9.17, 15) is 4.79 Å². The first-order chi connectivity index (χ1) is 7.74. The van der Waals surface area contributed by atoms with Crippen LogP contribution < -0.4 is 10.6 Å². The van der Waals surface area contributed by atoms with E-state index >= 15 is 0 Å². The molecule has 17 heavy (non-hydrogen) atoms. The first kappa shape index (κ1) is 15.9. The molecular weight excluding hydrogens is 240 g/mol. The van der Waals surface area contributed by atoms with Gasteiger partial charge in [-0.05, 0) is 18.6 Å². The van der Waals surface area contributed by atoms with E-state index in [1.807, 2.05) is 31.2 Å². The van der Waals surface area contributed by atoms with Crippen molar-refractivity contribution >= 4 is 24.0 Å². The first-order valence-electron chi connectivity index (χ1n) is 5.29. The Balaban J connectivity index is 0.00000256. The molecule has 5 heteroatoms. The largest absolute Gasteiger partial charge is 0.383 e. The summed E-state index contributed by atoms with van der Waals surface area (Å²) in [5, 5.41) is 5.83. The fraction of sp³-hybridized carbons (Fsp3) is 0.417. The standard InChI is InChI=1S/C12H18N2O2.ClH/c1-10-5-3-4-6-11(10)14-12(15)9-13-7-8-16-2;/h3-6,13H,7-9H2,1-2H3,(H,14,15);1H. The number of amides is 1. The van der Waals surface area contributed by atoms with Crippen molar-refractivity contribution in [2.75, 3.05) is 32.1 Å². The number of carbonyl (C=O) groups is 1. The lowest BCUT2D eigenvalue weighted by Gasteiger charge is -2.08. The predicted molar refractivity (Wildman–Crippen MR) is 71.8 cm³/mol. The number of rotatable bonds is 6. The summed E-state index contributed by atoms with van der Waals surface area (Å²) in [5.74, 6) is -0.0367. The van der Waals surface area contributed by atoms with Crippen molar-refractivity contribution in [1.82, 2.24) is 5.32 Å². The molecule has 1 amide bonds. The zero-order chi connectivity index (χ0) is 11.8. The minimum atomic E-state index is -0.0367. The number of benzene rings is 1. The van der Waals surface area contributed by atoms with Crippen LogP contribution in [0.15, 0.2) is 24.3 Å². The van der Waals surface area contributed by atoms with Crippen LogP contribution in [0.4, 0.5) is 5.69 Å². The zero-order valence-corrected chi connectivity index (χ0v) is 11.0. The monoisotopic (exact) mass is 258 g/mol. The lowest BCUT2D eigenvalue weighted by atomic mass is 10.2. The molecule has 0 unspecified atom stereocenters. The van der Waals surface area contributed by atoms with E-state index in [2.05, 4.69) is 10.6 Å². The van der Waals surface area contributed by atoms with Gasteiger partial charge in [-0.1, -0.05) is 18.2 Å². The van der Waals surface area contributed by atoms with Crippen LogP contribution in [0.25, 0.3) is 0 Å². The molecule has 1 rings (SSSR count). The molecule has 1 aromatic carbocycles. The molecule has 0 saturated carbocycles. The van der Waals surface area contributed by atoms with E-state index in [1.54, 1.807) is 7.11 Å². The Morgan fingerprint density at radius 1 is 1.35 bits per heavy atom. The average molecular weight is 259 g/mol. The van der Waals surface area contributed by atoms with Crippen LogP contribution in [0, 0.1) is 6.92 Å². The van der Waals surface area contributed by atoms with E-state index in [4.69, 9.17) is 4.74 Å². The minimum absolute atomic E-state index is 0. The lowest BCUT2D eigenvalue weighted by Crippen LogP contribution is -2.30. The Labute approximate surface area is 108 Å². The molecule has 0 aliphatic rings. The van der Waals surface area contributed by atoms with Gasteiger partial charge in [0.15, 0.2) is 0 Å². The van der Waals surface area contributed by atoms with Crippen molar-refractivity contribution in [3.05, 3.63) is 29.8 Å². The fourth-order valence-electron chi connectivity index (χ4n) is 1.28. The van der Waals surface area contributed by atoms with Crippen LogP contribution in [0.2, 0.25) is 0 Å². The van der Waals surface area contributed by atoms with E-state index in [0.29, 0.717) is 19.7 Å².